The first-order valence-electron chi connectivity index (χ1n) is 4.86. The molecule has 0 fully saturated rings. The largest absolute Gasteiger partial charge is 0.308 e. The molecule has 2 aromatic heterocycles. The molecule has 0 bridgehead atoms. The van der Waals surface area contributed by atoms with Gasteiger partial charge < -0.3 is 5.43 Å². The van der Waals surface area contributed by atoms with Gasteiger partial charge in [0, 0.05) is 0 Å². The second kappa shape index (κ2) is 4.59. The molecule has 2 aromatic rings. The average Bonchev–Trinajstić information content (AvgIpc) is 2.69. The molecule has 0 aromatic carbocycles. The van der Waals surface area contributed by atoms with Gasteiger partial charge in [-0.05, 0) is 6.92 Å². The van der Waals surface area contributed by atoms with E-state index in [0.29, 0.717) is 10.7 Å². The summed E-state index contributed by atoms with van der Waals surface area (Å²) in [6.45, 7) is 1.72. The second-order valence-electron chi connectivity index (χ2n) is 3.48. The molecule has 2 rings (SSSR count). The van der Waals surface area contributed by atoms with E-state index in [1.807, 2.05) is 0 Å². The lowest BCUT2D eigenvalue weighted by atomic mass is 10.4. The molecule has 0 saturated heterocycles. The summed E-state index contributed by atoms with van der Waals surface area (Å²) in [6.07, 6.45) is 1.52. The summed E-state index contributed by atoms with van der Waals surface area (Å²) < 4.78 is 1.35. The van der Waals surface area contributed by atoms with Gasteiger partial charge in [0.1, 0.15) is 5.82 Å². The number of rotatable bonds is 3. The molecule has 0 aliphatic carbocycles. The quantitative estimate of drug-likeness (QED) is 0.495. The van der Waals surface area contributed by atoms with E-state index >= 15 is 0 Å². The highest BCUT2D eigenvalue weighted by molar-refractivity contribution is 6.31. The Labute approximate surface area is 106 Å². The van der Waals surface area contributed by atoms with Gasteiger partial charge in [-0.15, -0.1) is 0 Å². The second-order valence-corrected chi connectivity index (χ2v) is 3.88. The van der Waals surface area contributed by atoms with Crippen molar-refractivity contribution in [2.24, 2.45) is 5.84 Å². The van der Waals surface area contributed by atoms with Crippen LogP contribution in [0.25, 0.3) is 5.82 Å². The van der Waals surface area contributed by atoms with Crippen LogP contribution in [0.3, 0.4) is 0 Å². The van der Waals surface area contributed by atoms with Crippen LogP contribution in [0.5, 0.6) is 0 Å². The van der Waals surface area contributed by atoms with Gasteiger partial charge in [-0.1, -0.05) is 11.6 Å². The van der Waals surface area contributed by atoms with Gasteiger partial charge in [0.15, 0.2) is 5.82 Å². The van der Waals surface area contributed by atoms with Crippen LogP contribution in [0.1, 0.15) is 5.69 Å². The summed E-state index contributed by atoms with van der Waals surface area (Å²) in [5.41, 5.74) is 2.73. The Bertz CT molecular complexity index is 592. The van der Waals surface area contributed by atoms with Crippen molar-refractivity contribution >= 4 is 23.1 Å². The summed E-state index contributed by atoms with van der Waals surface area (Å²) in [5, 5.41) is 15.3. The SMILES string of the molecule is Cc1nn(-c2cc([N+](=O)[O-])cc(NN)n2)cc1Cl. The zero-order valence-electron chi connectivity index (χ0n) is 9.29. The van der Waals surface area contributed by atoms with Gasteiger partial charge in [0.25, 0.3) is 5.69 Å². The molecule has 94 valence electrons. The fourth-order valence-electron chi connectivity index (χ4n) is 1.36. The molecule has 9 heteroatoms. The van der Waals surface area contributed by atoms with Gasteiger partial charge in [0.2, 0.25) is 0 Å². The first kappa shape index (κ1) is 12.3. The molecule has 0 amide bonds. The van der Waals surface area contributed by atoms with Crippen molar-refractivity contribution in [3.63, 3.8) is 0 Å². The molecule has 0 radical (unpaired) electrons. The highest BCUT2D eigenvalue weighted by atomic mass is 35.5. The third kappa shape index (κ3) is 2.24. The molecule has 0 saturated carbocycles. The standard InChI is InChI=1S/C9H9ClN6O2/c1-5-7(10)4-15(14-5)9-3-6(16(17)18)2-8(12-9)13-11/h2-4H,11H2,1H3,(H,12,13). The summed E-state index contributed by atoms with van der Waals surface area (Å²) in [5.74, 6) is 5.64. The molecule has 0 spiro atoms. The predicted octanol–water partition coefficient (Wildman–Crippen LogP) is 1.42. The van der Waals surface area contributed by atoms with Crippen LogP contribution < -0.4 is 11.3 Å². The number of nitrogen functional groups attached to an aromatic ring is 1. The zero-order chi connectivity index (χ0) is 13.3. The lowest BCUT2D eigenvalue weighted by Crippen LogP contribution is -2.11. The Balaban J connectivity index is 2.56. The third-order valence-corrected chi connectivity index (χ3v) is 2.60. The van der Waals surface area contributed by atoms with Gasteiger partial charge in [-0.3, -0.25) is 10.1 Å². The molecular formula is C9H9ClN6O2. The van der Waals surface area contributed by atoms with Gasteiger partial charge in [-0.2, -0.15) is 5.10 Å². The summed E-state index contributed by atoms with van der Waals surface area (Å²) in [7, 11) is 0. The Kier molecular flexibility index (Phi) is 3.13. The van der Waals surface area contributed by atoms with Gasteiger partial charge >= 0.3 is 0 Å². The number of nitrogens with zero attached hydrogens (tertiary/aromatic N) is 4. The fraction of sp³-hybridized carbons (Fsp3) is 0.111. The van der Waals surface area contributed by atoms with E-state index in [2.05, 4.69) is 15.5 Å². The van der Waals surface area contributed by atoms with Crippen LogP contribution in [0, 0.1) is 17.0 Å². The fourth-order valence-corrected chi connectivity index (χ4v) is 1.49. The van der Waals surface area contributed by atoms with Crippen LogP contribution in [-0.2, 0) is 0 Å². The smallest absolute Gasteiger partial charge is 0.276 e. The monoisotopic (exact) mass is 268 g/mol. The Hall–Kier alpha value is -2.19. The Morgan fingerprint density at radius 1 is 1.56 bits per heavy atom. The van der Waals surface area contributed by atoms with Crippen LogP contribution in [-0.4, -0.2) is 19.7 Å². The Morgan fingerprint density at radius 3 is 2.78 bits per heavy atom. The molecule has 8 nitrogen and oxygen atoms in total. The number of aryl methyl sites for hydroxylation is 1. The maximum Gasteiger partial charge on any atom is 0.276 e. The maximum absolute atomic E-state index is 10.8. The van der Waals surface area contributed by atoms with Crippen molar-refractivity contribution in [1.29, 1.82) is 0 Å². The number of halogens is 1. The van der Waals surface area contributed by atoms with E-state index in [0.717, 1.165) is 0 Å². The van der Waals surface area contributed by atoms with E-state index in [1.54, 1.807) is 6.92 Å². The molecular weight excluding hydrogens is 260 g/mol. The lowest BCUT2D eigenvalue weighted by molar-refractivity contribution is -0.384. The normalized spacial score (nSPS) is 10.4. The highest BCUT2D eigenvalue weighted by Crippen LogP contribution is 2.21. The number of hydrazine groups is 1. The van der Waals surface area contributed by atoms with E-state index < -0.39 is 4.92 Å². The number of nitrogens with one attached hydrogen (secondary N) is 1. The molecule has 0 aliphatic heterocycles. The molecule has 3 N–H and O–H groups in total. The average molecular weight is 269 g/mol. The van der Waals surface area contributed by atoms with Crippen LogP contribution in [0.2, 0.25) is 5.02 Å². The molecule has 18 heavy (non-hydrogen) atoms. The summed E-state index contributed by atoms with van der Waals surface area (Å²) >= 11 is 5.87. The van der Waals surface area contributed by atoms with Crippen molar-refractivity contribution in [2.75, 3.05) is 5.43 Å². The third-order valence-electron chi connectivity index (χ3n) is 2.23. The summed E-state index contributed by atoms with van der Waals surface area (Å²) in [4.78, 5) is 14.3. The molecule has 0 aliphatic rings. The molecule has 2 heterocycles. The minimum Gasteiger partial charge on any atom is -0.308 e. The van der Waals surface area contributed by atoms with Crippen molar-refractivity contribution in [3.05, 3.63) is 39.2 Å². The van der Waals surface area contributed by atoms with Gasteiger partial charge in [0.05, 0.1) is 34.0 Å². The molecule has 0 atom stereocenters. The highest BCUT2D eigenvalue weighted by Gasteiger charge is 2.13. The number of nitro groups is 1. The minimum atomic E-state index is -0.538. The maximum atomic E-state index is 10.8. The minimum absolute atomic E-state index is 0.141. The van der Waals surface area contributed by atoms with E-state index in [1.165, 1.54) is 23.0 Å². The summed E-state index contributed by atoms with van der Waals surface area (Å²) in [6, 6.07) is 2.51. The van der Waals surface area contributed by atoms with Crippen molar-refractivity contribution in [2.45, 2.75) is 6.92 Å². The van der Waals surface area contributed by atoms with E-state index in [4.69, 9.17) is 17.4 Å². The van der Waals surface area contributed by atoms with Gasteiger partial charge in [-0.25, -0.2) is 15.5 Å². The Morgan fingerprint density at radius 2 is 2.28 bits per heavy atom. The van der Waals surface area contributed by atoms with Crippen molar-refractivity contribution in [3.8, 4) is 5.82 Å². The topological polar surface area (TPSA) is 112 Å². The first-order valence-corrected chi connectivity index (χ1v) is 5.24. The zero-order valence-corrected chi connectivity index (χ0v) is 10.0. The van der Waals surface area contributed by atoms with Crippen LogP contribution >= 0.6 is 11.6 Å². The lowest BCUT2D eigenvalue weighted by Gasteiger charge is -2.04. The van der Waals surface area contributed by atoms with Crippen molar-refractivity contribution in [1.82, 2.24) is 14.8 Å². The molecule has 0 unspecified atom stereocenters. The van der Waals surface area contributed by atoms with Crippen LogP contribution in [0.15, 0.2) is 18.3 Å². The van der Waals surface area contributed by atoms with E-state index in [-0.39, 0.29) is 17.3 Å². The number of anilines is 1. The van der Waals surface area contributed by atoms with Crippen molar-refractivity contribution < 1.29 is 4.92 Å². The number of nitrogens with two attached hydrogens (primary N) is 1. The number of pyridine rings is 1. The first-order chi connectivity index (χ1) is 8.51. The van der Waals surface area contributed by atoms with Crippen LogP contribution in [0.4, 0.5) is 11.5 Å². The van der Waals surface area contributed by atoms with E-state index in [9.17, 15) is 10.1 Å². The number of hydrogen-bond acceptors (Lipinski definition) is 6. The number of aromatic nitrogens is 3. The predicted molar refractivity (Wildman–Crippen MR) is 65.6 cm³/mol. The number of hydrogen-bond donors (Lipinski definition) is 2.